The molecule has 0 unspecified atom stereocenters. The Morgan fingerprint density at radius 3 is 0.760 bits per heavy atom. The minimum atomic E-state index is -0.676. The lowest BCUT2D eigenvalue weighted by Gasteiger charge is -2.33. The average Bonchev–Trinajstić information content (AvgIpc) is 3.03. The second-order valence-electron chi connectivity index (χ2n) is 16.6. The zero-order valence-corrected chi connectivity index (χ0v) is 36.0. The van der Waals surface area contributed by atoms with Crippen molar-refractivity contribution >= 4 is 11.8 Å². The normalized spacial score (nSPS) is 11.8. The molecule has 2 amide bonds. The predicted molar refractivity (Wildman–Crippen MR) is 209 cm³/mol. The lowest BCUT2D eigenvalue weighted by Crippen LogP contribution is -3.00. The van der Waals surface area contributed by atoms with Crippen molar-refractivity contribution in [3.05, 3.63) is 0 Å². The second kappa shape index (κ2) is 37.1. The first-order chi connectivity index (χ1) is 23.1. The molecule has 0 heterocycles. The summed E-state index contributed by atoms with van der Waals surface area (Å²) in [5.74, 6) is 0.386. The number of likely N-dealkylation sites (N-methyl/N-ethyl adjacent to an activating group) is 2. The number of halogens is 2. The van der Waals surface area contributed by atoms with Crippen LogP contribution in [0.5, 0.6) is 0 Å². The Labute approximate surface area is 325 Å². The van der Waals surface area contributed by atoms with E-state index in [1.165, 1.54) is 167 Å². The first-order valence-corrected chi connectivity index (χ1v) is 21.5. The molecule has 0 spiro atoms. The Hall–Kier alpha value is -0.200. The molecular weight excluding hydrogens is 663 g/mol. The molecule has 0 aliphatic rings. The van der Waals surface area contributed by atoms with E-state index in [2.05, 4.69) is 13.8 Å². The molecule has 0 fully saturated rings. The van der Waals surface area contributed by atoms with E-state index >= 15 is 0 Å². The average molecular weight is 752 g/mol. The predicted octanol–water partition coefficient (Wildman–Crippen LogP) is 6.08. The fourth-order valence-electron chi connectivity index (χ4n) is 7.22. The van der Waals surface area contributed by atoms with Crippen molar-refractivity contribution in [2.24, 2.45) is 0 Å². The molecule has 0 aromatic carbocycles. The van der Waals surface area contributed by atoms with Crippen LogP contribution in [0.4, 0.5) is 0 Å². The Morgan fingerprint density at radius 1 is 0.380 bits per heavy atom. The smallest absolute Gasteiger partial charge is 0.313 e. The molecule has 7 heteroatoms. The lowest BCUT2D eigenvalue weighted by atomic mass is 10.0. The van der Waals surface area contributed by atoms with E-state index in [0.29, 0.717) is 25.9 Å². The summed E-state index contributed by atoms with van der Waals surface area (Å²) in [5.41, 5.74) is 0. The van der Waals surface area contributed by atoms with Crippen molar-refractivity contribution in [2.45, 2.75) is 225 Å². The van der Waals surface area contributed by atoms with Gasteiger partial charge in [-0.25, -0.2) is 9.59 Å². The van der Waals surface area contributed by atoms with Gasteiger partial charge in [-0.1, -0.05) is 194 Å². The van der Waals surface area contributed by atoms with E-state index in [9.17, 15) is 14.7 Å². The highest BCUT2D eigenvalue weighted by Gasteiger charge is 2.34. The summed E-state index contributed by atoms with van der Waals surface area (Å²) in [7, 11) is 7.64. The number of aliphatic hydroxyl groups excluding tert-OH is 1. The molecular formula is C43H88Cl2N2O3. The third-order valence-corrected chi connectivity index (χ3v) is 10.7. The molecule has 1 N–H and O–H groups in total. The highest BCUT2D eigenvalue weighted by atomic mass is 35.5. The summed E-state index contributed by atoms with van der Waals surface area (Å²) in [5, 5.41) is 10.9. The minimum absolute atomic E-state index is 0. The van der Waals surface area contributed by atoms with Crippen molar-refractivity contribution in [3.8, 4) is 0 Å². The number of carbonyl (C=O) groups excluding carboxylic acids is 2. The lowest BCUT2D eigenvalue weighted by molar-refractivity contribution is -0.841. The quantitative estimate of drug-likeness (QED) is 0.0624. The number of nitrogens with zero attached hydrogens (tertiary/aromatic N) is 2. The van der Waals surface area contributed by atoms with Gasteiger partial charge in [0.15, 0.2) is 6.10 Å². The van der Waals surface area contributed by atoms with E-state index in [4.69, 9.17) is 0 Å². The molecule has 0 rings (SSSR count). The SMILES string of the molecule is CCCCCCCCCCCCCCCCCC(=O)[N+](C)(C)CC(O)C[N+](C)(C)C(=O)CCCCCCCCCCCCCCCCC.[Cl-].[Cl-]. The van der Waals surface area contributed by atoms with Crippen molar-refractivity contribution in [2.75, 3.05) is 41.3 Å². The van der Waals surface area contributed by atoms with Gasteiger partial charge in [-0.05, 0) is 12.8 Å². The molecule has 302 valence electrons. The third-order valence-electron chi connectivity index (χ3n) is 10.7. The molecule has 0 saturated carbocycles. The van der Waals surface area contributed by atoms with Gasteiger partial charge in [0, 0.05) is 0 Å². The molecule has 0 saturated heterocycles. The van der Waals surface area contributed by atoms with Crippen molar-refractivity contribution < 1.29 is 48.5 Å². The van der Waals surface area contributed by atoms with Crippen LogP contribution in [0.3, 0.4) is 0 Å². The van der Waals surface area contributed by atoms with Gasteiger partial charge in [-0.15, -0.1) is 0 Å². The summed E-state index contributed by atoms with van der Waals surface area (Å²) < 4.78 is 0.375. The van der Waals surface area contributed by atoms with Gasteiger partial charge in [0.1, 0.15) is 13.1 Å². The number of quaternary nitrogens is 2. The zero-order valence-electron chi connectivity index (χ0n) is 34.5. The molecule has 0 aromatic rings. The molecule has 0 bridgehead atoms. The number of hydrogen-bond donors (Lipinski definition) is 1. The number of rotatable bonds is 36. The molecule has 0 aliphatic heterocycles. The summed E-state index contributed by atoms with van der Waals surface area (Å²) in [6.07, 6.45) is 40.1. The second-order valence-corrected chi connectivity index (χ2v) is 16.6. The first kappa shape index (κ1) is 54.1. The van der Waals surface area contributed by atoms with Crippen molar-refractivity contribution in [1.82, 2.24) is 0 Å². The maximum atomic E-state index is 13.0. The van der Waals surface area contributed by atoms with Gasteiger partial charge in [-0.3, -0.25) is 8.97 Å². The molecule has 5 nitrogen and oxygen atoms in total. The Kier molecular flexibility index (Phi) is 40.2. The minimum Gasteiger partial charge on any atom is -1.00 e. The standard InChI is InChI=1S/C43H88N2O3.2ClH/c1-7-9-11-13-15-17-19-21-23-25-27-29-31-33-35-37-42(47)44(3,4)39-41(46)40-45(5,6)43(48)38-36-34-32-30-28-26-24-22-20-18-16-14-12-10-8-2;;/h41,46H,7-40H2,1-6H3;2*1H/q+2;;/p-2. The van der Waals surface area contributed by atoms with Gasteiger partial charge < -0.3 is 29.9 Å². The Balaban J connectivity index is -0.0000110. The summed E-state index contributed by atoms with van der Waals surface area (Å²) in [4.78, 5) is 26.0. The van der Waals surface area contributed by atoms with Crippen LogP contribution in [-0.2, 0) is 9.59 Å². The van der Waals surface area contributed by atoms with Crippen molar-refractivity contribution in [1.29, 1.82) is 0 Å². The Bertz CT molecular complexity index is 688. The van der Waals surface area contributed by atoms with Gasteiger partial charge in [0.05, 0.1) is 41.0 Å². The Morgan fingerprint density at radius 2 is 0.560 bits per heavy atom. The van der Waals surface area contributed by atoms with Crippen LogP contribution in [0.15, 0.2) is 0 Å². The van der Waals surface area contributed by atoms with E-state index < -0.39 is 6.10 Å². The number of carbonyl (C=O) groups is 2. The monoisotopic (exact) mass is 751 g/mol. The number of unbranched alkanes of at least 4 members (excludes halogenated alkanes) is 28. The van der Waals surface area contributed by atoms with Gasteiger partial charge >= 0.3 is 11.8 Å². The van der Waals surface area contributed by atoms with E-state index in [-0.39, 0.29) is 45.6 Å². The van der Waals surface area contributed by atoms with E-state index in [0.717, 1.165) is 25.7 Å². The number of hydrogen-bond acceptors (Lipinski definition) is 3. The summed E-state index contributed by atoms with van der Waals surface area (Å²) in [6, 6.07) is 0. The molecule has 0 atom stereocenters. The topological polar surface area (TPSA) is 54.4 Å². The molecule has 0 aromatic heterocycles. The number of aliphatic hydroxyl groups is 1. The van der Waals surface area contributed by atoms with Crippen LogP contribution >= 0.6 is 0 Å². The number of amides is 2. The van der Waals surface area contributed by atoms with Gasteiger partial charge in [-0.2, -0.15) is 0 Å². The fourth-order valence-corrected chi connectivity index (χ4v) is 7.22. The molecule has 0 radical (unpaired) electrons. The van der Waals surface area contributed by atoms with Crippen LogP contribution in [0.2, 0.25) is 0 Å². The zero-order chi connectivity index (χ0) is 35.8. The van der Waals surface area contributed by atoms with Crippen LogP contribution in [0, 0.1) is 0 Å². The largest absolute Gasteiger partial charge is 1.00 e. The van der Waals surface area contributed by atoms with Crippen LogP contribution in [-0.4, -0.2) is 73.3 Å². The first-order valence-electron chi connectivity index (χ1n) is 21.5. The highest BCUT2D eigenvalue weighted by Crippen LogP contribution is 2.17. The molecule has 50 heavy (non-hydrogen) atoms. The van der Waals surface area contributed by atoms with Crippen LogP contribution in [0.1, 0.15) is 219 Å². The van der Waals surface area contributed by atoms with Gasteiger partial charge in [0.25, 0.3) is 0 Å². The molecule has 0 aliphatic carbocycles. The van der Waals surface area contributed by atoms with Crippen molar-refractivity contribution in [3.63, 3.8) is 0 Å². The summed E-state index contributed by atoms with van der Waals surface area (Å²) >= 11 is 0. The van der Waals surface area contributed by atoms with E-state index in [1.807, 2.05) is 28.2 Å². The summed E-state index contributed by atoms with van der Waals surface area (Å²) in [6.45, 7) is 5.29. The maximum Gasteiger partial charge on any atom is 0.313 e. The van der Waals surface area contributed by atoms with Crippen LogP contribution < -0.4 is 24.8 Å². The fraction of sp³-hybridized carbons (Fsp3) is 0.953. The van der Waals surface area contributed by atoms with Crippen LogP contribution in [0.25, 0.3) is 0 Å². The third kappa shape index (κ3) is 33.6. The highest BCUT2D eigenvalue weighted by molar-refractivity contribution is 5.69. The van der Waals surface area contributed by atoms with E-state index in [1.54, 1.807) is 0 Å². The van der Waals surface area contributed by atoms with Gasteiger partial charge in [0.2, 0.25) is 0 Å². The maximum absolute atomic E-state index is 13.0.